The Morgan fingerprint density at radius 3 is 2.04 bits per heavy atom. The number of carbonyl (C=O) groups excluding carboxylic acids is 1. The number of carbonyl (C=O) groups is 1. The maximum absolute atomic E-state index is 12.8. The molecule has 0 spiro atoms. The molecule has 3 saturated carbocycles. The highest BCUT2D eigenvalue weighted by Gasteiger charge is 2.59. The standard InChI is InChI=1S/C47H82O2/c1-9-38(36(4)5)25-24-37(6)42-28-29-43-41-27-26-39-34-40(30-32-46(39,7)44(41)31-33-47(42,43)8)49-45(48)23-21-19-17-15-13-11-10-12-14-16-18-20-22-35(2)3/h24-26,35-38,40-44H,9-23,27-34H2,1-8H3/b25-24+/t37-,38-,40+,41+,42-,43+,44+,46+,47-/m1/s1. The first-order valence-electron chi connectivity index (χ1n) is 22.1. The Morgan fingerprint density at radius 1 is 0.796 bits per heavy atom. The summed E-state index contributed by atoms with van der Waals surface area (Å²) in [5.74, 6) is 6.42. The monoisotopic (exact) mass is 679 g/mol. The van der Waals surface area contributed by atoms with Crippen molar-refractivity contribution in [1.82, 2.24) is 0 Å². The molecule has 4 rings (SSSR count). The first kappa shape index (κ1) is 40.7. The summed E-state index contributed by atoms with van der Waals surface area (Å²) in [5.41, 5.74) is 2.44. The molecule has 0 heterocycles. The quantitative estimate of drug-likeness (QED) is 0.0686. The lowest BCUT2D eigenvalue weighted by Gasteiger charge is -2.58. The maximum atomic E-state index is 12.8. The Balaban J connectivity index is 1.14. The van der Waals surface area contributed by atoms with Gasteiger partial charge in [0.1, 0.15) is 6.10 Å². The third-order valence-electron chi connectivity index (χ3n) is 15.0. The molecule has 2 nitrogen and oxygen atoms in total. The van der Waals surface area contributed by atoms with E-state index < -0.39 is 0 Å². The fourth-order valence-corrected chi connectivity index (χ4v) is 11.7. The molecule has 0 bridgehead atoms. The van der Waals surface area contributed by atoms with E-state index in [0.29, 0.717) is 29.1 Å². The molecular formula is C47H82O2. The van der Waals surface area contributed by atoms with Crippen molar-refractivity contribution in [2.75, 3.05) is 0 Å². The van der Waals surface area contributed by atoms with E-state index >= 15 is 0 Å². The van der Waals surface area contributed by atoms with Crippen LogP contribution >= 0.6 is 0 Å². The third-order valence-corrected chi connectivity index (χ3v) is 15.0. The smallest absolute Gasteiger partial charge is 0.306 e. The Bertz CT molecular complexity index is 1040. The summed E-state index contributed by atoms with van der Waals surface area (Å²) in [7, 11) is 0. The number of hydrogen-bond acceptors (Lipinski definition) is 2. The summed E-state index contributed by atoms with van der Waals surface area (Å²) in [5, 5.41) is 0. The molecule has 0 aromatic carbocycles. The van der Waals surface area contributed by atoms with Gasteiger partial charge in [0.2, 0.25) is 0 Å². The molecular weight excluding hydrogens is 597 g/mol. The van der Waals surface area contributed by atoms with Gasteiger partial charge in [0.25, 0.3) is 0 Å². The minimum atomic E-state index is 0.0588. The fraction of sp³-hybridized carbons (Fsp3) is 0.894. The molecule has 0 aromatic rings. The van der Waals surface area contributed by atoms with E-state index in [1.54, 1.807) is 5.57 Å². The van der Waals surface area contributed by atoms with Gasteiger partial charge in [-0.15, -0.1) is 0 Å². The van der Waals surface area contributed by atoms with Crippen molar-refractivity contribution in [1.29, 1.82) is 0 Å². The molecule has 9 atom stereocenters. The molecule has 0 unspecified atom stereocenters. The second kappa shape index (κ2) is 19.7. The van der Waals surface area contributed by atoms with Crippen LogP contribution in [0.2, 0.25) is 0 Å². The largest absolute Gasteiger partial charge is 0.462 e. The molecule has 0 radical (unpaired) electrons. The van der Waals surface area contributed by atoms with Crippen LogP contribution in [0, 0.1) is 58.2 Å². The van der Waals surface area contributed by atoms with Crippen molar-refractivity contribution in [3.8, 4) is 0 Å². The minimum Gasteiger partial charge on any atom is -0.462 e. The van der Waals surface area contributed by atoms with E-state index in [9.17, 15) is 4.79 Å². The number of fused-ring (bicyclic) bond motifs is 5. The van der Waals surface area contributed by atoms with Gasteiger partial charge in [0.05, 0.1) is 0 Å². The van der Waals surface area contributed by atoms with E-state index in [1.165, 1.54) is 122 Å². The van der Waals surface area contributed by atoms with Gasteiger partial charge in [-0.05, 0) is 116 Å². The topological polar surface area (TPSA) is 26.3 Å². The number of esters is 1. The number of ether oxygens (including phenoxy) is 1. The van der Waals surface area contributed by atoms with Crippen LogP contribution in [-0.2, 0) is 9.53 Å². The van der Waals surface area contributed by atoms with Crippen molar-refractivity contribution in [2.24, 2.45) is 58.2 Å². The van der Waals surface area contributed by atoms with Crippen molar-refractivity contribution in [3.63, 3.8) is 0 Å². The molecule has 49 heavy (non-hydrogen) atoms. The van der Waals surface area contributed by atoms with Crippen molar-refractivity contribution >= 4 is 5.97 Å². The SMILES string of the molecule is CC[C@H](/C=C/[C@@H](C)[C@H]1CC[C@H]2[C@@H]3CC=C4C[C@@H](OC(=O)CCCCCCCCCCCCCCC(C)C)CC[C@]4(C)[C@H]3CC[C@]12C)C(C)C. The van der Waals surface area contributed by atoms with Crippen LogP contribution in [0.4, 0.5) is 0 Å². The Labute approximate surface area is 305 Å². The summed E-state index contributed by atoms with van der Waals surface area (Å²) >= 11 is 0. The Morgan fingerprint density at radius 2 is 1.43 bits per heavy atom. The molecule has 0 saturated heterocycles. The van der Waals surface area contributed by atoms with Gasteiger partial charge < -0.3 is 4.74 Å². The van der Waals surface area contributed by atoms with Crippen LogP contribution in [0.1, 0.15) is 203 Å². The van der Waals surface area contributed by atoms with Crippen LogP contribution < -0.4 is 0 Å². The molecule has 282 valence electrons. The zero-order valence-corrected chi connectivity index (χ0v) is 34.0. The van der Waals surface area contributed by atoms with E-state index in [0.717, 1.165) is 54.8 Å². The Hall–Kier alpha value is -1.05. The highest BCUT2D eigenvalue weighted by molar-refractivity contribution is 5.69. The molecule has 2 heteroatoms. The van der Waals surface area contributed by atoms with E-state index in [2.05, 4.69) is 73.6 Å². The predicted molar refractivity (Wildman–Crippen MR) is 211 cm³/mol. The second-order valence-electron chi connectivity index (χ2n) is 19.1. The predicted octanol–water partition coefficient (Wildman–Crippen LogP) is 14.5. The summed E-state index contributed by atoms with van der Waals surface area (Å²) in [6.45, 7) is 19.6. The van der Waals surface area contributed by atoms with Crippen LogP contribution in [0.5, 0.6) is 0 Å². The number of allylic oxidation sites excluding steroid dienone is 3. The van der Waals surface area contributed by atoms with E-state index in [4.69, 9.17) is 4.74 Å². The van der Waals surface area contributed by atoms with Crippen LogP contribution in [0.15, 0.2) is 23.8 Å². The summed E-state index contributed by atoms with van der Waals surface area (Å²) in [4.78, 5) is 12.8. The normalized spacial score (nSPS) is 32.5. The highest BCUT2D eigenvalue weighted by atomic mass is 16.5. The molecule has 3 fully saturated rings. The summed E-state index contributed by atoms with van der Waals surface area (Å²) < 4.78 is 6.14. The van der Waals surface area contributed by atoms with Gasteiger partial charge in [-0.2, -0.15) is 0 Å². The third kappa shape index (κ3) is 11.0. The van der Waals surface area contributed by atoms with Crippen LogP contribution in [-0.4, -0.2) is 12.1 Å². The minimum absolute atomic E-state index is 0.0588. The van der Waals surface area contributed by atoms with Gasteiger partial charge >= 0.3 is 5.97 Å². The van der Waals surface area contributed by atoms with Gasteiger partial charge in [0, 0.05) is 12.8 Å². The van der Waals surface area contributed by atoms with Crippen molar-refractivity contribution in [2.45, 2.75) is 209 Å². The average Bonchev–Trinajstić information content (AvgIpc) is 3.42. The highest BCUT2D eigenvalue weighted by Crippen LogP contribution is 2.67. The molecule has 0 N–H and O–H groups in total. The average molecular weight is 679 g/mol. The number of rotatable bonds is 21. The lowest BCUT2D eigenvalue weighted by molar-refractivity contribution is -0.151. The number of hydrogen-bond donors (Lipinski definition) is 0. The van der Waals surface area contributed by atoms with E-state index in [-0.39, 0.29) is 12.1 Å². The van der Waals surface area contributed by atoms with Gasteiger partial charge in [-0.25, -0.2) is 0 Å². The zero-order valence-electron chi connectivity index (χ0n) is 34.0. The van der Waals surface area contributed by atoms with Crippen LogP contribution in [0.25, 0.3) is 0 Å². The lowest BCUT2D eigenvalue weighted by atomic mass is 9.47. The Kier molecular flexibility index (Phi) is 16.4. The maximum Gasteiger partial charge on any atom is 0.306 e. The molecule has 4 aliphatic rings. The lowest BCUT2D eigenvalue weighted by Crippen LogP contribution is -2.51. The van der Waals surface area contributed by atoms with Gasteiger partial charge in [-0.1, -0.05) is 156 Å². The number of unbranched alkanes of at least 4 members (excludes halogenated alkanes) is 11. The molecule has 0 aromatic heterocycles. The van der Waals surface area contributed by atoms with Crippen molar-refractivity contribution in [3.05, 3.63) is 23.8 Å². The first-order chi connectivity index (χ1) is 23.5. The second-order valence-corrected chi connectivity index (χ2v) is 19.1. The molecule has 0 aliphatic heterocycles. The zero-order chi connectivity index (χ0) is 35.4. The summed E-state index contributed by atoms with van der Waals surface area (Å²) in [6, 6.07) is 0. The van der Waals surface area contributed by atoms with Gasteiger partial charge in [0.15, 0.2) is 0 Å². The van der Waals surface area contributed by atoms with Crippen molar-refractivity contribution < 1.29 is 9.53 Å². The van der Waals surface area contributed by atoms with E-state index in [1.807, 2.05) is 0 Å². The van der Waals surface area contributed by atoms with Crippen LogP contribution in [0.3, 0.4) is 0 Å². The fourth-order valence-electron chi connectivity index (χ4n) is 11.7. The molecule has 4 aliphatic carbocycles. The first-order valence-corrected chi connectivity index (χ1v) is 22.1. The molecule has 0 amide bonds. The summed E-state index contributed by atoms with van der Waals surface area (Å²) in [6.07, 6.45) is 37.4. The van der Waals surface area contributed by atoms with Gasteiger partial charge in [-0.3, -0.25) is 4.79 Å².